The monoisotopic (exact) mass is 294 g/mol. The number of nitro benzene ring substituents is 1. The van der Waals surface area contributed by atoms with Crippen LogP contribution in [0.15, 0.2) is 18.2 Å². The van der Waals surface area contributed by atoms with E-state index < -0.39 is 4.92 Å². The number of aryl methyl sites for hydroxylation is 1. The Hall–Kier alpha value is -2.22. The average Bonchev–Trinajstić information content (AvgIpc) is 2.84. The molecule has 0 aliphatic heterocycles. The summed E-state index contributed by atoms with van der Waals surface area (Å²) in [4.78, 5) is 10.6. The van der Waals surface area contributed by atoms with Crippen LogP contribution in [0.5, 0.6) is 5.75 Å². The summed E-state index contributed by atoms with van der Waals surface area (Å²) in [7, 11) is 0. The summed E-state index contributed by atoms with van der Waals surface area (Å²) in [6, 6.07) is 4.99. The molecule has 1 heterocycles. The molecular formula is C12H14N4O3S. The summed E-state index contributed by atoms with van der Waals surface area (Å²) in [5.74, 6) is 0.241. The highest BCUT2D eigenvalue weighted by molar-refractivity contribution is 7.10. The largest absolute Gasteiger partial charge is 0.480 e. The van der Waals surface area contributed by atoms with E-state index in [-0.39, 0.29) is 18.0 Å². The van der Waals surface area contributed by atoms with E-state index >= 15 is 0 Å². The van der Waals surface area contributed by atoms with Gasteiger partial charge >= 0.3 is 5.69 Å². The zero-order chi connectivity index (χ0) is 14.5. The van der Waals surface area contributed by atoms with Gasteiger partial charge in [-0.1, -0.05) is 16.6 Å². The van der Waals surface area contributed by atoms with Gasteiger partial charge in [0.15, 0.2) is 5.75 Å². The molecule has 1 N–H and O–H groups in total. The lowest BCUT2D eigenvalue weighted by Gasteiger charge is -2.07. The van der Waals surface area contributed by atoms with Crippen molar-refractivity contribution in [3.63, 3.8) is 0 Å². The molecule has 7 nitrogen and oxygen atoms in total. The maximum atomic E-state index is 11.1. The molecule has 2 rings (SSSR count). The molecule has 0 radical (unpaired) electrons. The van der Waals surface area contributed by atoms with E-state index in [9.17, 15) is 10.1 Å². The molecule has 1 aromatic carbocycles. The molecule has 0 atom stereocenters. The van der Waals surface area contributed by atoms with Crippen molar-refractivity contribution in [1.29, 1.82) is 0 Å². The zero-order valence-electron chi connectivity index (χ0n) is 11.1. The highest BCUT2D eigenvalue weighted by atomic mass is 32.1. The Bertz CT molecular complexity index is 614. The van der Waals surface area contributed by atoms with Gasteiger partial charge in [-0.25, -0.2) is 0 Å². The van der Waals surface area contributed by atoms with Gasteiger partial charge in [0.05, 0.1) is 4.92 Å². The number of ether oxygens (including phenoxy) is 1. The summed E-state index contributed by atoms with van der Waals surface area (Å²) in [5, 5.41) is 19.0. The van der Waals surface area contributed by atoms with Crippen molar-refractivity contribution in [3.05, 3.63) is 39.6 Å². The van der Waals surface area contributed by atoms with Crippen LogP contribution in [0.25, 0.3) is 0 Å². The molecule has 20 heavy (non-hydrogen) atoms. The molecule has 0 saturated carbocycles. The molecule has 0 amide bonds. The third kappa shape index (κ3) is 3.02. The fourth-order valence-corrected chi connectivity index (χ4v) is 2.36. The fourth-order valence-electron chi connectivity index (χ4n) is 1.73. The van der Waals surface area contributed by atoms with E-state index in [0.717, 1.165) is 11.5 Å². The second-order valence-corrected chi connectivity index (χ2v) is 4.80. The number of anilines is 1. The van der Waals surface area contributed by atoms with Crippen molar-refractivity contribution < 1.29 is 9.66 Å². The van der Waals surface area contributed by atoms with E-state index in [0.29, 0.717) is 11.3 Å². The minimum absolute atomic E-state index is 0.0133. The van der Waals surface area contributed by atoms with Crippen LogP contribution in [0, 0.1) is 17.0 Å². The molecule has 0 spiro atoms. The smallest absolute Gasteiger partial charge is 0.313 e. The van der Waals surface area contributed by atoms with Crippen LogP contribution in [0.2, 0.25) is 0 Å². The first-order valence-corrected chi connectivity index (χ1v) is 6.82. The minimum Gasteiger partial charge on any atom is -0.480 e. The molecule has 0 fully saturated rings. The Kier molecular flexibility index (Phi) is 4.46. The Balaban J connectivity index is 2.17. The molecular weight excluding hydrogens is 280 g/mol. The third-order valence-electron chi connectivity index (χ3n) is 2.64. The van der Waals surface area contributed by atoms with E-state index in [1.54, 1.807) is 25.1 Å². The number of benzene rings is 1. The van der Waals surface area contributed by atoms with Crippen LogP contribution in [-0.2, 0) is 6.61 Å². The highest BCUT2D eigenvalue weighted by Crippen LogP contribution is 2.31. The Labute approximate surface area is 119 Å². The molecule has 0 aliphatic carbocycles. The Morgan fingerprint density at radius 3 is 3.00 bits per heavy atom. The first kappa shape index (κ1) is 14.2. The SMILES string of the molecule is CCNc1snnc1COc1cccc(C)c1[N+](=O)[O-]. The molecule has 106 valence electrons. The molecule has 8 heteroatoms. The Morgan fingerprint density at radius 1 is 1.50 bits per heavy atom. The zero-order valence-corrected chi connectivity index (χ0v) is 11.9. The number of aromatic nitrogens is 2. The van der Waals surface area contributed by atoms with Crippen molar-refractivity contribution in [2.45, 2.75) is 20.5 Å². The predicted molar refractivity (Wildman–Crippen MR) is 76.2 cm³/mol. The first-order chi connectivity index (χ1) is 9.63. The van der Waals surface area contributed by atoms with Crippen LogP contribution in [0.1, 0.15) is 18.2 Å². The number of hydrogen-bond acceptors (Lipinski definition) is 7. The maximum absolute atomic E-state index is 11.1. The lowest BCUT2D eigenvalue weighted by Crippen LogP contribution is -2.04. The molecule has 0 bridgehead atoms. The van der Waals surface area contributed by atoms with Gasteiger partial charge in [0.25, 0.3) is 0 Å². The van der Waals surface area contributed by atoms with Crippen molar-refractivity contribution >= 4 is 22.2 Å². The summed E-state index contributed by atoms with van der Waals surface area (Å²) >= 11 is 1.24. The Morgan fingerprint density at radius 2 is 2.30 bits per heavy atom. The quantitative estimate of drug-likeness (QED) is 0.650. The maximum Gasteiger partial charge on any atom is 0.313 e. The van der Waals surface area contributed by atoms with Crippen LogP contribution in [0.3, 0.4) is 0 Å². The topological polar surface area (TPSA) is 90.2 Å². The summed E-state index contributed by atoms with van der Waals surface area (Å²) in [6.45, 7) is 4.54. The van der Waals surface area contributed by atoms with Crippen molar-refractivity contribution in [2.75, 3.05) is 11.9 Å². The number of hydrogen-bond donors (Lipinski definition) is 1. The lowest BCUT2D eigenvalue weighted by molar-refractivity contribution is -0.386. The fraction of sp³-hybridized carbons (Fsp3) is 0.333. The van der Waals surface area contributed by atoms with E-state index in [1.807, 2.05) is 6.92 Å². The van der Waals surface area contributed by atoms with Gasteiger partial charge in [-0.3, -0.25) is 10.1 Å². The van der Waals surface area contributed by atoms with Crippen LogP contribution < -0.4 is 10.1 Å². The van der Waals surface area contributed by atoms with Gasteiger partial charge < -0.3 is 10.1 Å². The molecule has 0 unspecified atom stereocenters. The lowest BCUT2D eigenvalue weighted by atomic mass is 10.2. The van der Waals surface area contributed by atoms with E-state index in [1.165, 1.54) is 11.5 Å². The summed E-state index contributed by atoms with van der Waals surface area (Å²) < 4.78 is 9.38. The van der Waals surface area contributed by atoms with Gasteiger partial charge in [-0.05, 0) is 19.9 Å². The number of nitro groups is 1. The molecule has 1 aromatic heterocycles. The van der Waals surface area contributed by atoms with Crippen molar-refractivity contribution in [3.8, 4) is 5.75 Å². The van der Waals surface area contributed by atoms with E-state index in [2.05, 4.69) is 14.9 Å². The van der Waals surface area contributed by atoms with E-state index in [4.69, 9.17) is 4.74 Å². The first-order valence-electron chi connectivity index (χ1n) is 6.05. The number of rotatable bonds is 6. The number of nitrogens with zero attached hydrogens (tertiary/aromatic N) is 3. The molecule has 0 aliphatic rings. The second-order valence-electron chi connectivity index (χ2n) is 4.05. The predicted octanol–water partition coefficient (Wildman–Crippen LogP) is 2.77. The highest BCUT2D eigenvalue weighted by Gasteiger charge is 2.19. The third-order valence-corrected chi connectivity index (χ3v) is 3.37. The molecule has 2 aromatic rings. The van der Waals surface area contributed by atoms with Gasteiger partial charge in [0.2, 0.25) is 0 Å². The average molecular weight is 294 g/mol. The van der Waals surface area contributed by atoms with Gasteiger partial charge in [-0.15, -0.1) is 5.10 Å². The number of para-hydroxylation sites is 1. The van der Waals surface area contributed by atoms with Crippen molar-refractivity contribution in [1.82, 2.24) is 9.59 Å². The van der Waals surface area contributed by atoms with Crippen LogP contribution in [0.4, 0.5) is 10.7 Å². The van der Waals surface area contributed by atoms with Crippen LogP contribution in [-0.4, -0.2) is 21.1 Å². The minimum atomic E-state index is -0.435. The van der Waals surface area contributed by atoms with Gasteiger partial charge in [0, 0.05) is 23.6 Å². The normalized spacial score (nSPS) is 10.3. The summed E-state index contributed by atoms with van der Waals surface area (Å²) in [6.07, 6.45) is 0. The summed E-state index contributed by atoms with van der Waals surface area (Å²) in [5.41, 5.74) is 1.20. The van der Waals surface area contributed by atoms with Crippen LogP contribution >= 0.6 is 11.5 Å². The molecule has 0 saturated heterocycles. The second kappa shape index (κ2) is 6.29. The van der Waals surface area contributed by atoms with Crippen molar-refractivity contribution in [2.24, 2.45) is 0 Å². The van der Waals surface area contributed by atoms with Gasteiger partial charge in [-0.2, -0.15) is 0 Å². The standard InChI is InChI=1S/C12H14N4O3S/c1-3-13-12-9(14-15-20-12)7-19-10-6-4-5-8(2)11(10)16(17)18/h4-6,13H,3,7H2,1-2H3. The number of nitrogens with one attached hydrogen (secondary N) is 1. The van der Waals surface area contributed by atoms with Gasteiger partial charge in [0.1, 0.15) is 17.3 Å².